The molecule has 1 N–H and O–H groups in total. The van der Waals surface area contributed by atoms with E-state index < -0.39 is 11.9 Å². The molecule has 0 amide bonds. The highest BCUT2D eigenvalue weighted by Gasteiger charge is 2.29. The number of benzene rings is 1. The maximum absolute atomic E-state index is 13.6. The summed E-state index contributed by atoms with van der Waals surface area (Å²) in [5.41, 5.74) is 0.867. The predicted molar refractivity (Wildman–Crippen MR) is 70.7 cm³/mol. The van der Waals surface area contributed by atoms with Gasteiger partial charge in [-0.3, -0.25) is 0 Å². The number of furan rings is 1. The molecule has 20 heavy (non-hydrogen) atoms. The van der Waals surface area contributed by atoms with Gasteiger partial charge in [0.1, 0.15) is 5.76 Å². The molecule has 102 valence electrons. The maximum atomic E-state index is 13.6. The Morgan fingerprint density at radius 1 is 1.40 bits per heavy atom. The lowest BCUT2D eigenvalue weighted by Crippen LogP contribution is -2.06. The van der Waals surface area contributed by atoms with E-state index in [4.69, 9.17) is 4.42 Å². The molecular weight excluding hydrogens is 259 g/mol. The van der Waals surface area contributed by atoms with Crippen molar-refractivity contribution in [3.8, 4) is 0 Å². The van der Waals surface area contributed by atoms with Crippen LogP contribution in [0.2, 0.25) is 0 Å². The number of rotatable bonds is 3. The van der Waals surface area contributed by atoms with Gasteiger partial charge in [-0.05, 0) is 25.0 Å². The van der Waals surface area contributed by atoms with Crippen molar-refractivity contribution in [1.82, 2.24) is 9.55 Å². The second-order valence-electron chi connectivity index (χ2n) is 5.17. The topological polar surface area (TPSA) is 51.2 Å². The molecule has 2 aromatic heterocycles. The van der Waals surface area contributed by atoms with Crippen LogP contribution >= 0.6 is 0 Å². The molecule has 5 heteroatoms. The highest BCUT2D eigenvalue weighted by atomic mass is 19.1. The molecule has 1 unspecified atom stereocenters. The van der Waals surface area contributed by atoms with E-state index in [-0.39, 0.29) is 5.58 Å². The summed E-state index contributed by atoms with van der Waals surface area (Å²) in [6.07, 6.45) is 4.63. The molecule has 4 nitrogen and oxygen atoms in total. The zero-order valence-electron chi connectivity index (χ0n) is 10.7. The normalized spacial score (nSPS) is 16.7. The third-order valence-electron chi connectivity index (χ3n) is 3.70. The second kappa shape index (κ2) is 4.18. The van der Waals surface area contributed by atoms with Crippen molar-refractivity contribution < 1.29 is 13.9 Å². The summed E-state index contributed by atoms with van der Waals surface area (Å²) in [5, 5.41) is 11.1. The van der Waals surface area contributed by atoms with Crippen LogP contribution in [0.25, 0.3) is 11.0 Å². The molecule has 0 radical (unpaired) electrons. The van der Waals surface area contributed by atoms with E-state index >= 15 is 0 Å². The van der Waals surface area contributed by atoms with Crippen molar-refractivity contribution in [3.63, 3.8) is 0 Å². The highest BCUT2D eigenvalue weighted by Crippen LogP contribution is 2.38. The molecule has 0 saturated heterocycles. The number of imidazole rings is 1. The monoisotopic (exact) mass is 272 g/mol. The first kappa shape index (κ1) is 11.7. The van der Waals surface area contributed by atoms with E-state index in [0.29, 0.717) is 22.9 Å². The van der Waals surface area contributed by atoms with Gasteiger partial charge in [-0.15, -0.1) is 0 Å². The lowest BCUT2D eigenvalue weighted by atomic mass is 10.2. The molecule has 1 fully saturated rings. The maximum Gasteiger partial charge on any atom is 0.170 e. The molecule has 4 rings (SSSR count). The Bertz CT molecular complexity index is 773. The summed E-state index contributed by atoms with van der Waals surface area (Å²) in [5.74, 6) is -0.0795. The molecule has 3 aromatic rings. The van der Waals surface area contributed by atoms with Gasteiger partial charge in [-0.1, -0.05) is 12.1 Å². The molecule has 0 aliphatic heterocycles. The van der Waals surface area contributed by atoms with Crippen molar-refractivity contribution in [3.05, 3.63) is 54.1 Å². The van der Waals surface area contributed by atoms with Crippen molar-refractivity contribution >= 4 is 11.0 Å². The van der Waals surface area contributed by atoms with Crippen LogP contribution in [-0.4, -0.2) is 14.7 Å². The first-order chi connectivity index (χ1) is 9.74. The summed E-state index contributed by atoms with van der Waals surface area (Å²) in [7, 11) is 0. The number of nitrogens with zero attached hydrogens (tertiary/aromatic N) is 2. The Morgan fingerprint density at radius 2 is 2.25 bits per heavy atom. The van der Waals surface area contributed by atoms with Gasteiger partial charge in [0.2, 0.25) is 0 Å². The van der Waals surface area contributed by atoms with E-state index in [0.717, 1.165) is 12.8 Å². The number of para-hydroxylation sites is 1. The van der Waals surface area contributed by atoms with Crippen LogP contribution in [0.3, 0.4) is 0 Å². The van der Waals surface area contributed by atoms with Crippen LogP contribution in [-0.2, 0) is 0 Å². The van der Waals surface area contributed by atoms with Gasteiger partial charge in [0.15, 0.2) is 17.5 Å². The predicted octanol–water partition coefficient (Wildman–Crippen LogP) is 3.19. The minimum atomic E-state index is -0.926. The molecule has 0 spiro atoms. The number of halogens is 1. The van der Waals surface area contributed by atoms with E-state index in [1.807, 2.05) is 4.57 Å². The number of hydrogen-bond acceptors (Lipinski definition) is 3. The third kappa shape index (κ3) is 1.74. The summed E-state index contributed by atoms with van der Waals surface area (Å²) < 4.78 is 21.1. The van der Waals surface area contributed by atoms with Gasteiger partial charge in [0.05, 0.1) is 18.2 Å². The smallest absolute Gasteiger partial charge is 0.170 e. The molecule has 2 heterocycles. The van der Waals surface area contributed by atoms with E-state index in [2.05, 4.69) is 4.98 Å². The van der Waals surface area contributed by atoms with E-state index in [9.17, 15) is 9.50 Å². The van der Waals surface area contributed by atoms with Gasteiger partial charge in [-0.25, -0.2) is 9.37 Å². The van der Waals surface area contributed by atoms with Crippen LogP contribution in [0, 0.1) is 5.82 Å². The van der Waals surface area contributed by atoms with Gasteiger partial charge in [-0.2, -0.15) is 0 Å². The Labute approximate surface area is 114 Å². The Hall–Kier alpha value is -2.14. The van der Waals surface area contributed by atoms with Gasteiger partial charge in [0, 0.05) is 11.4 Å². The molecular formula is C15H13FN2O2. The van der Waals surface area contributed by atoms with Gasteiger partial charge < -0.3 is 14.1 Å². The highest BCUT2D eigenvalue weighted by molar-refractivity contribution is 5.78. The van der Waals surface area contributed by atoms with E-state index in [1.54, 1.807) is 30.7 Å². The number of aliphatic hydroxyl groups is 1. The van der Waals surface area contributed by atoms with Crippen LogP contribution < -0.4 is 0 Å². The fraction of sp³-hybridized carbons (Fsp3) is 0.267. The average molecular weight is 272 g/mol. The van der Waals surface area contributed by atoms with Crippen LogP contribution in [0.1, 0.15) is 36.4 Å². The number of aliphatic hydroxyl groups excluding tert-OH is 1. The van der Waals surface area contributed by atoms with Gasteiger partial charge >= 0.3 is 0 Å². The zero-order chi connectivity index (χ0) is 13.7. The van der Waals surface area contributed by atoms with Crippen molar-refractivity contribution in [2.75, 3.05) is 0 Å². The standard InChI is InChI=1S/C15H13FN2O2/c16-11-3-1-2-9-6-13(20-15(9)11)14(19)12-7-17-8-18(12)10-4-5-10/h1-3,6-8,10,14,19H,4-5H2. The largest absolute Gasteiger partial charge is 0.455 e. The summed E-state index contributed by atoms with van der Waals surface area (Å²) in [6.45, 7) is 0. The van der Waals surface area contributed by atoms with Gasteiger partial charge in [0.25, 0.3) is 0 Å². The Kier molecular flexibility index (Phi) is 2.44. The fourth-order valence-corrected chi connectivity index (χ4v) is 2.51. The molecule has 0 bridgehead atoms. The fourth-order valence-electron chi connectivity index (χ4n) is 2.51. The molecule has 1 atom stereocenters. The first-order valence-corrected chi connectivity index (χ1v) is 6.62. The first-order valence-electron chi connectivity index (χ1n) is 6.62. The summed E-state index contributed by atoms with van der Waals surface area (Å²) in [6, 6.07) is 6.82. The average Bonchev–Trinajstić information content (AvgIpc) is 3.02. The number of fused-ring (bicyclic) bond motifs is 1. The minimum absolute atomic E-state index is 0.180. The second-order valence-corrected chi connectivity index (χ2v) is 5.17. The molecule has 1 aliphatic carbocycles. The zero-order valence-corrected chi connectivity index (χ0v) is 10.7. The molecule has 1 aromatic carbocycles. The van der Waals surface area contributed by atoms with Crippen LogP contribution in [0.15, 0.2) is 41.2 Å². The lowest BCUT2D eigenvalue weighted by molar-refractivity contribution is 0.182. The van der Waals surface area contributed by atoms with Crippen LogP contribution in [0.5, 0.6) is 0 Å². The molecule has 1 aliphatic rings. The van der Waals surface area contributed by atoms with Crippen molar-refractivity contribution in [2.24, 2.45) is 0 Å². The number of hydrogen-bond donors (Lipinski definition) is 1. The Morgan fingerprint density at radius 3 is 3.00 bits per heavy atom. The Balaban J connectivity index is 1.78. The quantitative estimate of drug-likeness (QED) is 0.796. The third-order valence-corrected chi connectivity index (χ3v) is 3.70. The molecule has 1 saturated carbocycles. The summed E-state index contributed by atoms with van der Waals surface area (Å²) in [4.78, 5) is 4.09. The van der Waals surface area contributed by atoms with Crippen molar-refractivity contribution in [2.45, 2.75) is 25.0 Å². The lowest BCUT2D eigenvalue weighted by Gasteiger charge is -2.10. The SMILES string of the molecule is OC(c1cc2cccc(F)c2o1)c1cncn1C1CC1. The minimum Gasteiger partial charge on any atom is -0.455 e. The number of aromatic nitrogens is 2. The van der Waals surface area contributed by atoms with E-state index in [1.165, 1.54) is 6.07 Å². The van der Waals surface area contributed by atoms with Crippen LogP contribution in [0.4, 0.5) is 4.39 Å². The summed E-state index contributed by atoms with van der Waals surface area (Å²) >= 11 is 0. The van der Waals surface area contributed by atoms with Crippen molar-refractivity contribution in [1.29, 1.82) is 0 Å².